The second kappa shape index (κ2) is 8.18. The van der Waals surface area contributed by atoms with Gasteiger partial charge < -0.3 is 15.2 Å². The van der Waals surface area contributed by atoms with E-state index >= 15 is 0 Å². The number of nitrogens with one attached hydrogen (secondary N) is 1. The monoisotopic (exact) mass is 353 g/mol. The highest BCUT2D eigenvalue weighted by Gasteiger charge is 2.22. The first kappa shape index (κ1) is 18.3. The van der Waals surface area contributed by atoms with Gasteiger partial charge in [0.25, 0.3) is 0 Å². The molecule has 25 heavy (non-hydrogen) atoms. The molecule has 132 valence electrons. The minimum Gasteiger partial charge on any atom is -0.481 e. The Hall–Kier alpha value is -3.03. The summed E-state index contributed by atoms with van der Waals surface area (Å²) in [5, 5.41) is 11.1. The summed E-state index contributed by atoms with van der Waals surface area (Å²) < 4.78 is 44.6. The highest BCUT2D eigenvalue weighted by molar-refractivity contribution is 5.72. The molecular weight excluding hydrogens is 339 g/mol. The maximum Gasteiger partial charge on any atom is 0.407 e. The fourth-order valence-electron chi connectivity index (χ4n) is 2.11. The Morgan fingerprint density at radius 3 is 2.24 bits per heavy atom. The molecule has 2 aromatic rings. The Kier molecular flexibility index (Phi) is 5.99. The average molecular weight is 353 g/mol. The number of halogens is 3. The predicted octanol–water partition coefficient (Wildman–Crippen LogP) is 3.55. The molecule has 0 bridgehead atoms. The molecule has 2 aromatic carbocycles. The summed E-state index contributed by atoms with van der Waals surface area (Å²) in [6, 6.07) is 8.67. The van der Waals surface area contributed by atoms with E-state index in [0.717, 1.165) is 0 Å². The van der Waals surface area contributed by atoms with Gasteiger partial charge in [0.2, 0.25) is 0 Å². The van der Waals surface area contributed by atoms with Crippen LogP contribution >= 0.6 is 0 Å². The van der Waals surface area contributed by atoms with Crippen molar-refractivity contribution in [2.24, 2.45) is 0 Å². The van der Waals surface area contributed by atoms with E-state index in [0.29, 0.717) is 17.7 Å². The van der Waals surface area contributed by atoms with Crippen molar-refractivity contribution in [1.29, 1.82) is 0 Å². The van der Waals surface area contributed by atoms with Crippen molar-refractivity contribution in [3.63, 3.8) is 0 Å². The largest absolute Gasteiger partial charge is 0.481 e. The molecule has 0 aliphatic heterocycles. The van der Waals surface area contributed by atoms with E-state index in [9.17, 15) is 22.8 Å². The van der Waals surface area contributed by atoms with Crippen molar-refractivity contribution < 1.29 is 32.6 Å². The molecule has 0 unspecified atom stereocenters. The number of hydrogen-bond donors (Lipinski definition) is 2. The van der Waals surface area contributed by atoms with Crippen LogP contribution in [0.25, 0.3) is 0 Å². The molecule has 0 aliphatic carbocycles. The summed E-state index contributed by atoms with van der Waals surface area (Å²) in [6.07, 6.45) is -1.63. The molecule has 0 aliphatic rings. The summed E-state index contributed by atoms with van der Waals surface area (Å²) in [4.78, 5) is 22.8. The van der Waals surface area contributed by atoms with Gasteiger partial charge in [-0.3, -0.25) is 4.79 Å². The molecule has 0 aromatic heterocycles. The van der Waals surface area contributed by atoms with Crippen LogP contribution in [0.5, 0.6) is 0 Å². The van der Waals surface area contributed by atoms with Crippen molar-refractivity contribution in [2.75, 3.05) is 0 Å². The topological polar surface area (TPSA) is 75.6 Å². The third-order valence-electron chi connectivity index (χ3n) is 3.29. The van der Waals surface area contributed by atoms with Gasteiger partial charge in [0.15, 0.2) is 17.5 Å². The minimum atomic E-state index is -1.68. The SMILES string of the molecule is O=C(O)C[C@@H](NC(=O)OCc1ccccc1)c1cc(F)c(F)c(F)c1. The summed E-state index contributed by atoms with van der Waals surface area (Å²) in [7, 11) is 0. The Labute approximate surface area is 141 Å². The zero-order chi connectivity index (χ0) is 18.4. The molecule has 8 heteroatoms. The minimum absolute atomic E-state index is 0.0708. The second-order valence-electron chi connectivity index (χ2n) is 5.16. The number of hydrogen-bond acceptors (Lipinski definition) is 3. The van der Waals surface area contributed by atoms with E-state index in [2.05, 4.69) is 5.32 Å². The van der Waals surface area contributed by atoms with Gasteiger partial charge >= 0.3 is 12.1 Å². The number of benzene rings is 2. The Bertz CT molecular complexity index is 745. The number of rotatable bonds is 6. The van der Waals surface area contributed by atoms with Crippen LogP contribution in [0.3, 0.4) is 0 Å². The molecular formula is C17H14F3NO4. The van der Waals surface area contributed by atoms with Gasteiger partial charge in [-0.05, 0) is 23.3 Å². The van der Waals surface area contributed by atoms with Crippen molar-refractivity contribution in [3.8, 4) is 0 Å². The van der Waals surface area contributed by atoms with Gasteiger partial charge in [-0.15, -0.1) is 0 Å². The first-order chi connectivity index (χ1) is 11.9. The zero-order valence-corrected chi connectivity index (χ0v) is 12.8. The van der Waals surface area contributed by atoms with Gasteiger partial charge in [0, 0.05) is 0 Å². The first-order valence-electron chi connectivity index (χ1n) is 7.20. The lowest BCUT2D eigenvalue weighted by molar-refractivity contribution is -0.137. The quantitative estimate of drug-likeness (QED) is 0.779. The fraction of sp³-hybridized carbons (Fsp3) is 0.176. The average Bonchev–Trinajstić information content (AvgIpc) is 2.57. The molecule has 2 rings (SSSR count). The normalized spacial score (nSPS) is 11.6. The fourth-order valence-corrected chi connectivity index (χ4v) is 2.11. The van der Waals surface area contributed by atoms with Crippen LogP contribution in [0.1, 0.15) is 23.6 Å². The summed E-state index contributed by atoms with van der Waals surface area (Å²) >= 11 is 0. The molecule has 0 radical (unpaired) electrons. The molecule has 0 fully saturated rings. The summed E-state index contributed by atoms with van der Waals surface area (Å²) in [6.45, 7) is -0.0708. The Morgan fingerprint density at radius 1 is 1.08 bits per heavy atom. The number of amides is 1. The van der Waals surface area contributed by atoms with E-state index in [4.69, 9.17) is 9.84 Å². The third-order valence-corrected chi connectivity index (χ3v) is 3.29. The molecule has 0 spiro atoms. The van der Waals surface area contributed by atoms with E-state index in [1.807, 2.05) is 0 Å². The van der Waals surface area contributed by atoms with E-state index in [1.165, 1.54) is 0 Å². The van der Waals surface area contributed by atoms with E-state index in [1.54, 1.807) is 30.3 Å². The summed E-state index contributed by atoms with van der Waals surface area (Å²) in [5.74, 6) is -5.96. The number of carboxylic acid groups (broad SMARTS) is 1. The summed E-state index contributed by atoms with van der Waals surface area (Å²) in [5.41, 5.74) is 0.474. The molecule has 5 nitrogen and oxygen atoms in total. The Morgan fingerprint density at radius 2 is 1.68 bits per heavy atom. The number of aliphatic carboxylic acids is 1. The standard InChI is InChI=1S/C17H14F3NO4/c18-12-6-11(7-13(19)16(12)20)14(8-15(22)23)21-17(24)25-9-10-4-2-1-3-5-10/h1-7,14H,8-9H2,(H,21,24)(H,22,23)/t14-/m1/s1. The Balaban J connectivity index is 2.09. The lowest BCUT2D eigenvalue weighted by atomic mass is 10.0. The third kappa shape index (κ3) is 5.23. The number of alkyl carbamates (subject to hydrolysis) is 1. The van der Waals surface area contributed by atoms with Crippen LogP contribution in [0, 0.1) is 17.5 Å². The lowest BCUT2D eigenvalue weighted by Crippen LogP contribution is -2.31. The number of carbonyl (C=O) groups excluding carboxylic acids is 1. The van der Waals surface area contributed by atoms with Crippen molar-refractivity contribution in [3.05, 3.63) is 71.0 Å². The van der Waals surface area contributed by atoms with Crippen LogP contribution in [-0.2, 0) is 16.1 Å². The van der Waals surface area contributed by atoms with Gasteiger partial charge in [-0.2, -0.15) is 0 Å². The molecule has 0 saturated carbocycles. The molecule has 0 heterocycles. The van der Waals surface area contributed by atoms with Crippen LogP contribution in [0.15, 0.2) is 42.5 Å². The predicted molar refractivity (Wildman–Crippen MR) is 81.1 cm³/mol. The smallest absolute Gasteiger partial charge is 0.407 e. The van der Waals surface area contributed by atoms with Crippen LogP contribution in [0.4, 0.5) is 18.0 Å². The van der Waals surface area contributed by atoms with Gasteiger partial charge in [-0.1, -0.05) is 30.3 Å². The second-order valence-corrected chi connectivity index (χ2v) is 5.16. The van der Waals surface area contributed by atoms with Crippen molar-refractivity contribution in [2.45, 2.75) is 19.1 Å². The van der Waals surface area contributed by atoms with Gasteiger partial charge in [0.05, 0.1) is 12.5 Å². The molecule has 0 saturated heterocycles. The maximum atomic E-state index is 13.3. The highest BCUT2D eigenvalue weighted by Crippen LogP contribution is 2.22. The number of carboxylic acids is 1. The highest BCUT2D eigenvalue weighted by atomic mass is 19.2. The van der Waals surface area contributed by atoms with Crippen LogP contribution < -0.4 is 5.32 Å². The maximum absolute atomic E-state index is 13.3. The number of carbonyl (C=O) groups is 2. The molecule has 1 amide bonds. The van der Waals surface area contributed by atoms with E-state index in [-0.39, 0.29) is 12.2 Å². The molecule has 2 N–H and O–H groups in total. The van der Waals surface area contributed by atoms with Gasteiger partial charge in [0.1, 0.15) is 6.61 Å². The van der Waals surface area contributed by atoms with Crippen molar-refractivity contribution in [1.82, 2.24) is 5.32 Å². The lowest BCUT2D eigenvalue weighted by Gasteiger charge is -2.18. The van der Waals surface area contributed by atoms with Crippen LogP contribution in [-0.4, -0.2) is 17.2 Å². The van der Waals surface area contributed by atoms with Gasteiger partial charge in [-0.25, -0.2) is 18.0 Å². The zero-order valence-electron chi connectivity index (χ0n) is 12.8. The first-order valence-corrected chi connectivity index (χ1v) is 7.20. The van der Waals surface area contributed by atoms with Crippen LogP contribution in [0.2, 0.25) is 0 Å². The van der Waals surface area contributed by atoms with Crippen molar-refractivity contribution >= 4 is 12.1 Å². The molecule has 1 atom stereocenters. The number of ether oxygens (including phenoxy) is 1. The van der Waals surface area contributed by atoms with E-state index < -0.39 is 42.0 Å².